The number of ether oxygens (including phenoxy) is 1. The van der Waals surface area contributed by atoms with E-state index in [9.17, 15) is 4.79 Å². The van der Waals surface area contributed by atoms with Crippen LogP contribution in [0.3, 0.4) is 0 Å². The number of hydrazone groups is 1. The minimum atomic E-state index is -0.379. The number of pyridine rings is 1. The molecule has 1 atom stereocenters. The van der Waals surface area contributed by atoms with E-state index in [1.54, 1.807) is 6.20 Å². The van der Waals surface area contributed by atoms with Crippen LogP contribution >= 0.6 is 15.9 Å². The van der Waals surface area contributed by atoms with E-state index < -0.39 is 0 Å². The molecular weight excluding hydrogens is 286 g/mol. The lowest BCUT2D eigenvalue weighted by molar-refractivity contribution is -0.135. The molecule has 1 aromatic rings. The number of aromatic nitrogens is 1. The summed E-state index contributed by atoms with van der Waals surface area (Å²) in [7, 11) is 0. The minimum Gasteiger partial charge on any atom is -0.456 e. The molecule has 2 heterocycles. The fourth-order valence-electron chi connectivity index (χ4n) is 1.64. The van der Waals surface area contributed by atoms with E-state index in [2.05, 4.69) is 26.0 Å². The van der Waals surface area contributed by atoms with Crippen LogP contribution in [0.15, 0.2) is 29.5 Å². The maximum absolute atomic E-state index is 10.5. The quantitative estimate of drug-likeness (QED) is 0.777. The van der Waals surface area contributed by atoms with Gasteiger partial charge in [0, 0.05) is 19.2 Å². The van der Waals surface area contributed by atoms with Crippen molar-refractivity contribution in [3.63, 3.8) is 0 Å². The van der Waals surface area contributed by atoms with Crippen LogP contribution in [0.5, 0.6) is 0 Å². The Balaban J connectivity index is 2.05. The van der Waals surface area contributed by atoms with Crippen LogP contribution < -0.4 is 0 Å². The first kappa shape index (κ1) is 12.0. The molecule has 0 radical (unpaired) electrons. The largest absolute Gasteiger partial charge is 0.456 e. The second kappa shape index (κ2) is 5.77. The Labute approximate surface area is 108 Å². The number of halogens is 1. The van der Waals surface area contributed by atoms with Gasteiger partial charge in [-0.15, -0.1) is 0 Å². The first-order valence-electron chi connectivity index (χ1n) is 5.27. The minimum absolute atomic E-state index is 0.379. The second-order valence-corrected chi connectivity index (χ2v) is 4.53. The van der Waals surface area contributed by atoms with Crippen molar-refractivity contribution >= 4 is 27.0 Å². The van der Waals surface area contributed by atoms with E-state index >= 15 is 0 Å². The van der Waals surface area contributed by atoms with Crippen molar-refractivity contribution in [3.05, 3.63) is 30.1 Å². The Morgan fingerprint density at radius 1 is 1.59 bits per heavy atom. The molecule has 1 unspecified atom stereocenters. The van der Waals surface area contributed by atoms with Crippen molar-refractivity contribution in [1.82, 2.24) is 9.99 Å². The first-order valence-corrected chi connectivity index (χ1v) is 6.07. The van der Waals surface area contributed by atoms with Crippen LogP contribution in [-0.4, -0.2) is 34.2 Å². The summed E-state index contributed by atoms with van der Waals surface area (Å²) in [6, 6.07) is 5.53. The van der Waals surface area contributed by atoms with Gasteiger partial charge in [-0.05, 0) is 28.1 Å². The summed E-state index contributed by atoms with van der Waals surface area (Å²) in [5, 5.41) is 6.15. The molecule has 90 valence electrons. The molecule has 0 N–H and O–H groups in total. The van der Waals surface area contributed by atoms with Crippen molar-refractivity contribution in [3.8, 4) is 0 Å². The lowest BCUT2D eigenvalue weighted by atomic mass is 10.2. The molecule has 1 aliphatic heterocycles. The molecule has 0 bridgehead atoms. The summed E-state index contributed by atoms with van der Waals surface area (Å²) >= 11 is 3.35. The van der Waals surface area contributed by atoms with E-state index in [0.717, 1.165) is 23.3 Å². The predicted octanol–water partition coefficient (Wildman–Crippen LogP) is 1.71. The van der Waals surface area contributed by atoms with Crippen LogP contribution in [-0.2, 0) is 9.53 Å². The maximum atomic E-state index is 10.5. The van der Waals surface area contributed by atoms with Gasteiger partial charge in [0.1, 0.15) is 4.62 Å². The van der Waals surface area contributed by atoms with E-state index in [1.165, 1.54) is 0 Å². The van der Waals surface area contributed by atoms with E-state index in [0.29, 0.717) is 13.0 Å². The maximum Gasteiger partial charge on any atom is 0.293 e. The third-order valence-electron chi connectivity index (χ3n) is 2.44. The van der Waals surface area contributed by atoms with E-state index in [-0.39, 0.29) is 6.10 Å². The third kappa shape index (κ3) is 3.26. The van der Waals surface area contributed by atoms with Crippen LogP contribution in [0.4, 0.5) is 0 Å². The zero-order chi connectivity index (χ0) is 12.1. The molecule has 0 aliphatic carbocycles. The van der Waals surface area contributed by atoms with Gasteiger partial charge in [0.2, 0.25) is 0 Å². The molecular formula is C11H12BrN3O2. The highest BCUT2D eigenvalue weighted by molar-refractivity contribution is 9.18. The summed E-state index contributed by atoms with van der Waals surface area (Å²) in [6.07, 6.45) is 2.19. The molecule has 1 aromatic heterocycles. The van der Waals surface area contributed by atoms with Gasteiger partial charge in [-0.1, -0.05) is 6.07 Å². The first-order chi connectivity index (χ1) is 8.29. The third-order valence-corrected chi connectivity index (χ3v) is 3.00. The van der Waals surface area contributed by atoms with E-state index in [1.807, 2.05) is 23.2 Å². The highest BCUT2D eigenvalue weighted by Gasteiger charge is 2.20. The molecule has 17 heavy (non-hydrogen) atoms. The Bertz CT molecular complexity index is 410. The molecule has 1 aliphatic rings. The smallest absolute Gasteiger partial charge is 0.293 e. The SMILES string of the molecule is O=COC(CN1CCC(Br)=N1)c1ccccn1. The molecule has 0 amide bonds. The number of hydrogen-bond donors (Lipinski definition) is 0. The van der Waals surface area contributed by atoms with Crippen LogP contribution in [0.25, 0.3) is 0 Å². The number of rotatable bonds is 5. The number of carbonyl (C=O) groups is 1. The van der Waals surface area contributed by atoms with Crippen molar-refractivity contribution in [2.24, 2.45) is 5.10 Å². The Kier molecular flexibility index (Phi) is 4.08. The summed E-state index contributed by atoms with van der Waals surface area (Å²) in [6.45, 7) is 1.80. The van der Waals surface area contributed by atoms with Crippen LogP contribution in [0.2, 0.25) is 0 Å². The van der Waals surface area contributed by atoms with Gasteiger partial charge in [0.05, 0.1) is 12.2 Å². The lowest BCUT2D eigenvalue weighted by Crippen LogP contribution is -2.24. The second-order valence-electron chi connectivity index (χ2n) is 3.61. The molecule has 0 saturated heterocycles. The Hall–Kier alpha value is -1.43. The number of carbonyl (C=O) groups excluding carboxylic acids is 1. The summed E-state index contributed by atoms with van der Waals surface area (Å²) in [5.41, 5.74) is 0.734. The fourth-order valence-corrected chi connectivity index (χ4v) is 2.04. The topological polar surface area (TPSA) is 54.8 Å². The van der Waals surface area contributed by atoms with Crippen molar-refractivity contribution < 1.29 is 9.53 Å². The van der Waals surface area contributed by atoms with Crippen LogP contribution in [0, 0.1) is 0 Å². The molecule has 0 fully saturated rings. The van der Waals surface area contributed by atoms with Gasteiger partial charge in [0.25, 0.3) is 6.47 Å². The molecule has 0 saturated carbocycles. The molecule has 0 spiro atoms. The summed E-state index contributed by atoms with van der Waals surface area (Å²) < 4.78 is 5.98. The average Bonchev–Trinajstić information content (AvgIpc) is 2.75. The van der Waals surface area contributed by atoms with Crippen molar-refractivity contribution in [2.75, 3.05) is 13.1 Å². The molecule has 0 aromatic carbocycles. The lowest BCUT2D eigenvalue weighted by Gasteiger charge is -2.20. The summed E-state index contributed by atoms with van der Waals surface area (Å²) in [4.78, 5) is 14.7. The van der Waals surface area contributed by atoms with Gasteiger partial charge in [-0.25, -0.2) is 0 Å². The highest BCUT2D eigenvalue weighted by Crippen LogP contribution is 2.19. The van der Waals surface area contributed by atoms with Crippen LogP contribution in [0.1, 0.15) is 18.2 Å². The number of hydrogen-bond acceptors (Lipinski definition) is 5. The Morgan fingerprint density at radius 3 is 3.06 bits per heavy atom. The van der Waals surface area contributed by atoms with Gasteiger partial charge >= 0.3 is 0 Å². The van der Waals surface area contributed by atoms with Crippen molar-refractivity contribution in [2.45, 2.75) is 12.5 Å². The number of nitrogens with zero attached hydrogens (tertiary/aromatic N) is 3. The fraction of sp³-hybridized carbons (Fsp3) is 0.364. The van der Waals surface area contributed by atoms with Gasteiger partial charge in [0.15, 0.2) is 6.10 Å². The van der Waals surface area contributed by atoms with E-state index in [4.69, 9.17) is 4.74 Å². The standard InChI is InChI=1S/C11H12BrN3O2/c12-11-4-6-15(14-11)7-10(17-8-16)9-3-1-2-5-13-9/h1-3,5,8,10H,4,6-7H2. The van der Waals surface area contributed by atoms with Gasteiger partial charge < -0.3 is 4.74 Å². The zero-order valence-corrected chi connectivity index (χ0v) is 10.7. The van der Waals surface area contributed by atoms with Gasteiger partial charge in [-0.3, -0.25) is 14.8 Å². The predicted molar refractivity (Wildman–Crippen MR) is 66.7 cm³/mol. The molecule has 5 nitrogen and oxygen atoms in total. The van der Waals surface area contributed by atoms with Crippen molar-refractivity contribution in [1.29, 1.82) is 0 Å². The Morgan fingerprint density at radius 2 is 2.47 bits per heavy atom. The van der Waals surface area contributed by atoms with Gasteiger partial charge in [-0.2, -0.15) is 5.10 Å². The zero-order valence-electron chi connectivity index (χ0n) is 9.12. The summed E-state index contributed by atoms with van der Waals surface area (Å²) in [5.74, 6) is 0. The highest BCUT2D eigenvalue weighted by atomic mass is 79.9. The normalized spacial score (nSPS) is 16.5. The average molecular weight is 298 g/mol. The monoisotopic (exact) mass is 297 g/mol. The molecule has 2 rings (SSSR count). The molecule has 6 heteroatoms.